The molecule has 0 aromatic heterocycles. The van der Waals surface area contributed by atoms with Gasteiger partial charge in [0.2, 0.25) is 0 Å². The Morgan fingerprint density at radius 2 is 0.597 bits per heavy atom. The molecule has 1 N–H and O–H groups in total. The van der Waals surface area contributed by atoms with Crippen LogP contribution < -0.4 is 0 Å². The number of allylic oxidation sites excluding steroid dienone is 22. The van der Waals surface area contributed by atoms with Gasteiger partial charge in [-0.25, -0.2) is 0 Å². The van der Waals surface area contributed by atoms with Gasteiger partial charge in [0.15, 0.2) is 6.10 Å². The maximum atomic E-state index is 12.3. The van der Waals surface area contributed by atoms with Crippen molar-refractivity contribution < 1.29 is 24.2 Å². The molecule has 0 aromatic rings. The first-order valence-electron chi connectivity index (χ1n) is 29.7. The zero-order valence-electron chi connectivity index (χ0n) is 46.6. The van der Waals surface area contributed by atoms with Crippen molar-refractivity contribution in [3.05, 3.63) is 134 Å². The molecular weight excluding hydrogens is 885 g/mol. The fourth-order valence-corrected chi connectivity index (χ4v) is 7.99. The zero-order chi connectivity index (χ0) is 52.0. The Hall–Kier alpha value is -3.96. The summed E-state index contributed by atoms with van der Waals surface area (Å²) in [6.07, 6.45) is 91.4. The molecule has 0 radical (unpaired) electrons. The lowest BCUT2D eigenvalue weighted by Crippen LogP contribution is -2.28. The summed E-state index contributed by atoms with van der Waals surface area (Å²) < 4.78 is 10.7. The zero-order valence-corrected chi connectivity index (χ0v) is 46.6. The largest absolute Gasteiger partial charge is 0.462 e. The molecule has 1 atom stereocenters. The molecule has 72 heavy (non-hydrogen) atoms. The molecule has 0 rings (SSSR count). The summed E-state index contributed by atoms with van der Waals surface area (Å²) in [6.45, 7) is 4.00. The van der Waals surface area contributed by atoms with Gasteiger partial charge in [-0.1, -0.05) is 263 Å². The van der Waals surface area contributed by atoms with E-state index in [1.165, 1.54) is 128 Å². The summed E-state index contributed by atoms with van der Waals surface area (Å²) >= 11 is 0. The quantitative estimate of drug-likeness (QED) is 0.0373. The van der Waals surface area contributed by atoms with E-state index < -0.39 is 6.10 Å². The summed E-state index contributed by atoms with van der Waals surface area (Å²) in [7, 11) is 0. The van der Waals surface area contributed by atoms with Crippen LogP contribution in [-0.4, -0.2) is 36.4 Å². The Balaban J connectivity index is 3.64. The molecule has 0 aliphatic rings. The van der Waals surface area contributed by atoms with Crippen LogP contribution in [0.4, 0.5) is 0 Å². The van der Waals surface area contributed by atoms with Gasteiger partial charge >= 0.3 is 11.9 Å². The molecule has 5 nitrogen and oxygen atoms in total. The maximum absolute atomic E-state index is 12.3. The van der Waals surface area contributed by atoms with Crippen LogP contribution in [0.15, 0.2) is 134 Å². The van der Waals surface area contributed by atoms with Crippen LogP contribution in [0.25, 0.3) is 0 Å². The summed E-state index contributed by atoms with van der Waals surface area (Å²) in [6, 6.07) is 0. The van der Waals surface area contributed by atoms with Crippen molar-refractivity contribution in [2.75, 3.05) is 13.2 Å². The second kappa shape index (κ2) is 61.3. The van der Waals surface area contributed by atoms with E-state index in [4.69, 9.17) is 9.47 Å². The molecule has 0 fully saturated rings. The molecular formula is C67H110O5. The second-order valence-corrected chi connectivity index (χ2v) is 19.3. The number of aliphatic hydroxyl groups is 1. The van der Waals surface area contributed by atoms with Crippen LogP contribution in [0, 0.1) is 0 Å². The molecule has 408 valence electrons. The van der Waals surface area contributed by atoms with Gasteiger partial charge in [-0.05, 0) is 116 Å². The van der Waals surface area contributed by atoms with Crippen LogP contribution in [0.1, 0.15) is 258 Å². The van der Waals surface area contributed by atoms with Crippen molar-refractivity contribution in [1.82, 2.24) is 0 Å². The predicted octanol–water partition coefficient (Wildman–Crippen LogP) is 20.4. The maximum Gasteiger partial charge on any atom is 0.306 e. The lowest BCUT2D eigenvalue weighted by Gasteiger charge is -2.15. The van der Waals surface area contributed by atoms with Crippen LogP contribution in [0.2, 0.25) is 0 Å². The topological polar surface area (TPSA) is 72.8 Å². The average Bonchev–Trinajstić information content (AvgIpc) is 3.38. The molecule has 0 saturated heterocycles. The normalized spacial score (nSPS) is 13.2. The van der Waals surface area contributed by atoms with Crippen molar-refractivity contribution in [2.45, 2.75) is 264 Å². The summed E-state index contributed by atoms with van der Waals surface area (Å²) in [5.41, 5.74) is 0. The van der Waals surface area contributed by atoms with Gasteiger partial charge in [-0.15, -0.1) is 0 Å². The Bertz CT molecular complexity index is 1500. The lowest BCUT2D eigenvalue weighted by atomic mass is 10.0. The molecule has 0 aliphatic carbocycles. The third kappa shape index (κ3) is 58.6. The second-order valence-electron chi connectivity index (χ2n) is 19.3. The summed E-state index contributed by atoms with van der Waals surface area (Å²) in [4.78, 5) is 24.5. The molecule has 0 aromatic carbocycles. The molecule has 0 aliphatic heterocycles. The van der Waals surface area contributed by atoms with E-state index in [1.54, 1.807) is 0 Å². The first-order valence-corrected chi connectivity index (χ1v) is 29.7. The third-order valence-corrected chi connectivity index (χ3v) is 12.4. The summed E-state index contributed by atoms with van der Waals surface area (Å²) in [5.74, 6) is -0.645. The van der Waals surface area contributed by atoms with Gasteiger partial charge in [0.25, 0.3) is 0 Å². The van der Waals surface area contributed by atoms with Crippen molar-refractivity contribution in [2.24, 2.45) is 0 Å². The fraction of sp³-hybridized carbons (Fsp3) is 0.642. The number of hydrogen-bond acceptors (Lipinski definition) is 5. The molecule has 5 heteroatoms. The SMILES string of the molecule is CC/C=C\C/C=C\C/C=C\C/C=C\C/C=C\C/C=C\C/C=C\C/C=C\C/C=C\C/C=C\CCCCC(=O)OC(CO)COC(=O)CCCCCCCCCCCCCCC/C=C\CCCCCCCCCC. The Labute approximate surface area is 445 Å². The Morgan fingerprint density at radius 3 is 0.944 bits per heavy atom. The molecule has 1 unspecified atom stereocenters. The monoisotopic (exact) mass is 995 g/mol. The number of hydrogen-bond donors (Lipinski definition) is 1. The fourth-order valence-electron chi connectivity index (χ4n) is 7.99. The molecule has 0 heterocycles. The summed E-state index contributed by atoms with van der Waals surface area (Å²) in [5, 5.41) is 9.66. The van der Waals surface area contributed by atoms with Gasteiger partial charge < -0.3 is 14.6 Å². The number of rotatable bonds is 53. The van der Waals surface area contributed by atoms with Gasteiger partial charge in [0.1, 0.15) is 6.61 Å². The number of carbonyl (C=O) groups excluding carboxylic acids is 2. The standard InChI is InChI=1S/C67H110O5/c1-3-5-7-9-11-13-15-17-19-21-23-25-27-29-30-31-32-33-34-35-36-38-40-42-44-46-48-50-52-54-56-58-60-62-67(70)72-65(63-68)64-71-66(69)61-59-57-55-53-51-49-47-45-43-41-39-37-28-26-24-22-20-18-16-14-12-10-8-6-4-2/h5,7,11,13,17,19,22-25,29-30,32-33,35-36,40,42,46,48,52,54,65,68H,3-4,6,8-10,12,14-16,18,20-21,26-28,31,34,37-39,41,43-45,47,49-51,53,55-64H2,1-2H3/b7-5-,13-11-,19-17-,24-22-,25-23-,30-29-,33-32-,36-35-,42-40-,48-46-,54-52-. The molecule has 0 bridgehead atoms. The number of esters is 2. The molecule has 0 saturated carbocycles. The first kappa shape index (κ1) is 68.0. The van der Waals surface area contributed by atoms with E-state index in [0.29, 0.717) is 12.8 Å². The highest BCUT2D eigenvalue weighted by Crippen LogP contribution is 2.15. The van der Waals surface area contributed by atoms with Crippen LogP contribution in [0.5, 0.6) is 0 Å². The highest BCUT2D eigenvalue weighted by atomic mass is 16.6. The predicted molar refractivity (Wildman–Crippen MR) is 315 cm³/mol. The van der Waals surface area contributed by atoms with Crippen LogP contribution in [-0.2, 0) is 19.1 Å². The lowest BCUT2D eigenvalue weighted by molar-refractivity contribution is -0.161. The van der Waals surface area contributed by atoms with E-state index in [9.17, 15) is 14.7 Å². The van der Waals surface area contributed by atoms with Crippen LogP contribution in [0.3, 0.4) is 0 Å². The minimum atomic E-state index is -0.806. The highest BCUT2D eigenvalue weighted by Gasteiger charge is 2.16. The van der Waals surface area contributed by atoms with E-state index in [0.717, 1.165) is 103 Å². The van der Waals surface area contributed by atoms with Crippen LogP contribution >= 0.6 is 0 Å². The smallest absolute Gasteiger partial charge is 0.306 e. The van der Waals surface area contributed by atoms with Gasteiger partial charge in [0.05, 0.1) is 6.61 Å². The van der Waals surface area contributed by atoms with Gasteiger partial charge in [0, 0.05) is 12.8 Å². The first-order chi connectivity index (χ1) is 35.6. The Morgan fingerprint density at radius 1 is 0.333 bits per heavy atom. The third-order valence-electron chi connectivity index (χ3n) is 12.4. The molecule has 0 amide bonds. The number of ether oxygens (including phenoxy) is 2. The van der Waals surface area contributed by atoms with Crippen molar-refractivity contribution >= 4 is 11.9 Å². The number of carbonyl (C=O) groups is 2. The van der Waals surface area contributed by atoms with Gasteiger partial charge in [-0.2, -0.15) is 0 Å². The minimum absolute atomic E-state index is 0.0906. The Kier molecular flexibility index (Phi) is 58.0. The van der Waals surface area contributed by atoms with E-state index in [-0.39, 0.29) is 25.2 Å². The van der Waals surface area contributed by atoms with Crippen molar-refractivity contribution in [3.63, 3.8) is 0 Å². The van der Waals surface area contributed by atoms with Crippen molar-refractivity contribution in [3.8, 4) is 0 Å². The number of unbranched alkanes of at least 4 members (excludes halogenated alkanes) is 23. The molecule has 0 spiro atoms. The van der Waals surface area contributed by atoms with E-state index in [1.807, 2.05) is 0 Å². The average molecular weight is 996 g/mol. The van der Waals surface area contributed by atoms with Crippen molar-refractivity contribution in [1.29, 1.82) is 0 Å². The number of aliphatic hydroxyl groups excluding tert-OH is 1. The van der Waals surface area contributed by atoms with Gasteiger partial charge in [-0.3, -0.25) is 9.59 Å². The van der Waals surface area contributed by atoms with E-state index in [2.05, 4.69) is 148 Å². The minimum Gasteiger partial charge on any atom is -0.462 e. The highest BCUT2D eigenvalue weighted by molar-refractivity contribution is 5.70. The van der Waals surface area contributed by atoms with E-state index >= 15 is 0 Å².